The van der Waals surface area contributed by atoms with Crippen LogP contribution in [-0.2, 0) is 11.2 Å². The number of rotatable bonds is 4. The van der Waals surface area contributed by atoms with Gasteiger partial charge in [-0.15, -0.1) is 0 Å². The molecule has 0 unspecified atom stereocenters. The standard InChI is InChI=1S/C19H19N3O/c23-18-12-15(19-20-16-8-4-5-9-17(16)21-19)13-22(18)11-10-14-6-2-1-3-7-14/h1-9,15H,10-13H2,(H,20,21)/t15-/m1/s1. The van der Waals surface area contributed by atoms with Crippen molar-refractivity contribution in [2.24, 2.45) is 0 Å². The van der Waals surface area contributed by atoms with Crippen LogP contribution < -0.4 is 0 Å². The molecular formula is C19H19N3O. The topological polar surface area (TPSA) is 49.0 Å². The summed E-state index contributed by atoms with van der Waals surface area (Å²) in [5.41, 5.74) is 3.28. The van der Waals surface area contributed by atoms with E-state index in [0.717, 1.165) is 36.4 Å². The number of carbonyl (C=O) groups excluding carboxylic acids is 1. The fourth-order valence-electron chi connectivity index (χ4n) is 3.25. The number of imidazole rings is 1. The highest BCUT2D eigenvalue weighted by atomic mass is 16.2. The highest BCUT2D eigenvalue weighted by Gasteiger charge is 2.32. The van der Waals surface area contributed by atoms with E-state index < -0.39 is 0 Å². The van der Waals surface area contributed by atoms with Crippen LogP contribution in [-0.4, -0.2) is 33.9 Å². The van der Waals surface area contributed by atoms with Crippen LogP contribution in [0.25, 0.3) is 11.0 Å². The van der Waals surface area contributed by atoms with E-state index in [1.807, 2.05) is 47.4 Å². The fraction of sp³-hybridized carbons (Fsp3) is 0.263. The van der Waals surface area contributed by atoms with Gasteiger partial charge in [-0.25, -0.2) is 4.98 Å². The van der Waals surface area contributed by atoms with Gasteiger partial charge in [0.05, 0.1) is 11.0 Å². The highest BCUT2D eigenvalue weighted by Crippen LogP contribution is 2.27. The number of para-hydroxylation sites is 2. The zero-order valence-electron chi connectivity index (χ0n) is 12.9. The number of nitrogens with zero attached hydrogens (tertiary/aromatic N) is 2. The molecule has 1 atom stereocenters. The van der Waals surface area contributed by atoms with Crippen LogP contribution in [0, 0.1) is 0 Å². The lowest BCUT2D eigenvalue weighted by Gasteiger charge is -2.16. The van der Waals surface area contributed by atoms with Gasteiger partial charge in [-0.2, -0.15) is 0 Å². The number of hydrogen-bond donors (Lipinski definition) is 1. The van der Waals surface area contributed by atoms with Gasteiger partial charge in [-0.1, -0.05) is 42.5 Å². The molecule has 4 nitrogen and oxygen atoms in total. The van der Waals surface area contributed by atoms with Crippen LogP contribution in [0.4, 0.5) is 0 Å². The van der Waals surface area contributed by atoms with Crippen molar-refractivity contribution in [1.29, 1.82) is 0 Å². The van der Waals surface area contributed by atoms with Crippen LogP contribution >= 0.6 is 0 Å². The Morgan fingerprint density at radius 2 is 1.87 bits per heavy atom. The molecule has 2 aromatic carbocycles. The van der Waals surface area contributed by atoms with E-state index in [1.54, 1.807) is 0 Å². The Morgan fingerprint density at radius 1 is 1.09 bits per heavy atom. The first kappa shape index (κ1) is 14.0. The summed E-state index contributed by atoms with van der Waals surface area (Å²) >= 11 is 0. The molecule has 4 heteroatoms. The number of fused-ring (bicyclic) bond motifs is 1. The Hall–Kier alpha value is -2.62. The zero-order chi connectivity index (χ0) is 15.6. The summed E-state index contributed by atoms with van der Waals surface area (Å²) in [6, 6.07) is 18.3. The van der Waals surface area contributed by atoms with Crippen molar-refractivity contribution in [2.75, 3.05) is 13.1 Å². The zero-order valence-corrected chi connectivity index (χ0v) is 12.9. The van der Waals surface area contributed by atoms with Crippen molar-refractivity contribution in [2.45, 2.75) is 18.8 Å². The Kier molecular flexibility index (Phi) is 3.58. The van der Waals surface area contributed by atoms with Crippen molar-refractivity contribution in [3.8, 4) is 0 Å². The lowest BCUT2D eigenvalue weighted by atomic mass is 10.1. The maximum absolute atomic E-state index is 12.3. The molecule has 1 amide bonds. The van der Waals surface area contributed by atoms with Gasteiger partial charge in [-0.3, -0.25) is 4.79 Å². The quantitative estimate of drug-likeness (QED) is 0.805. The maximum atomic E-state index is 12.3. The van der Waals surface area contributed by atoms with Crippen LogP contribution in [0.5, 0.6) is 0 Å². The monoisotopic (exact) mass is 305 g/mol. The molecule has 23 heavy (non-hydrogen) atoms. The van der Waals surface area contributed by atoms with Gasteiger partial charge in [0.25, 0.3) is 0 Å². The largest absolute Gasteiger partial charge is 0.342 e. The minimum atomic E-state index is 0.172. The van der Waals surface area contributed by atoms with Gasteiger partial charge in [0.1, 0.15) is 5.82 Å². The SMILES string of the molecule is O=C1C[C@@H](c2nc3ccccc3[nH]2)CN1CCc1ccccc1. The number of H-pyrrole nitrogens is 1. The number of carbonyl (C=O) groups is 1. The second-order valence-electron chi connectivity index (χ2n) is 6.12. The number of hydrogen-bond acceptors (Lipinski definition) is 2. The first-order valence-corrected chi connectivity index (χ1v) is 8.06. The molecule has 1 saturated heterocycles. The van der Waals surface area contributed by atoms with Crippen LogP contribution in [0.2, 0.25) is 0 Å². The van der Waals surface area contributed by atoms with Gasteiger partial charge >= 0.3 is 0 Å². The van der Waals surface area contributed by atoms with E-state index >= 15 is 0 Å². The predicted molar refractivity (Wildman–Crippen MR) is 90.2 cm³/mol. The summed E-state index contributed by atoms with van der Waals surface area (Å²) in [6.07, 6.45) is 1.45. The maximum Gasteiger partial charge on any atom is 0.223 e. The molecule has 0 saturated carbocycles. The molecule has 2 heterocycles. The molecule has 1 aromatic heterocycles. The molecule has 1 aliphatic heterocycles. The average Bonchev–Trinajstić information content (AvgIpc) is 3.17. The number of likely N-dealkylation sites (tertiary alicyclic amines) is 1. The van der Waals surface area contributed by atoms with E-state index in [4.69, 9.17) is 0 Å². The minimum Gasteiger partial charge on any atom is -0.342 e. The Balaban J connectivity index is 1.45. The molecule has 3 aromatic rings. The summed E-state index contributed by atoms with van der Waals surface area (Å²) < 4.78 is 0. The Bertz CT molecular complexity index is 792. The molecular weight excluding hydrogens is 286 g/mol. The summed E-state index contributed by atoms with van der Waals surface area (Å²) in [7, 11) is 0. The van der Waals surface area contributed by atoms with Crippen molar-refractivity contribution in [3.63, 3.8) is 0 Å². The lowest BCUT2D eigenvalue weighted by molar-refractivity contribution is -0.127. The van der Waals surface area contributed by atoms with E-state index in [9.17, 15) is 4.79 Å². The Morgan fingerprint density at radius 3 is 2.70 bits per heavy atom. The fourth-order valence-corrected chi connectivity index (χ4v) is 3.25. The second kappa shape index (κ2) is 5.88. The summed E-state index contributed by atoms with van der Waals surface area (Å²) in [6.45, 7) is 1.53. The van der Waals surface area contributed by atoms with Gasteiger partial charge in [0.15, 0.2) is 0 Å². The molecule has 116 valence electrons. The normalized spacial score (nSPS) is 18.0. The number of amides is 1. The predicted octanol–water partition coefficient (Wildman–Crippen LogP) is 3.12. The molecule has 0 radical (unpaired) electrons. The third-order valence-electron chi connectivity index (χ3n) is 4.52. The van der Waals surface area contributed by atoms with Crippen LogP contribution in [0.1, 0.15) is 23.7 Å². The van der Waals surface area contributed by atoms with Gasteiger partial charge in [-0.05, 0) is 24.1 Å². The first-order valence-electron chi connectivity index (χ1n) is 8.06. The number of aromatic nitrogens is 2. The number of nitrogens with one attached hydrogen (secondary N) is 1. The lowest BCUT2D eigenvalue weighted by Crippen LogP contribution is -2.27. The second-order valence-corrected chi connectivity index (χ2v) is 6.12. The summed E-state index contributed by atoms with van der Waals surface area (Å²) in [4.78, 5) is 22.3. The van der Waals surface area contributed by atoms with Gasteiger partial charge in [0.2, 0.25) is 5.91 Å². The summed E-state index contributed by atoms with van der Waals surface area (Å²) in [5, 5.41) is 0. The van der Waals surface area contributed by atoms with Crippen molar-refractivity contribution in [3.05, 3.63) is 66.0 Å². The van der Waals surface area contributed by atoms with Crippen LogP contribution in [0.15, 0.2) is 54.6 Å². The smallest absolute Gasteiger partial charge is 0.223 e. The van der Waals surface area contributed by atoms with E-state index in [2.05, 4.69) is 22.1 Å². The number of benzene rings is 2. The minimum absolute atomic E-state index is 0.172. The van der Waals surface area contributed by atoms with Crippen molar-refractivity contribution < 1.29 is 4.79 Å². The van der Waals surface area contributed by atoms with Crippen molar-refractivity contribution in [1.82, 2.24) is 14.9 Å². The molecule has 1 fully saturated rings. The highest BCUT2D eigenvalue weighted by molar-refractivity contribution is 5.80. The van der Waals surface area contributed by atoms with Gasteiger partial charge in [0, 0.05) is 25.4 Å². The van der Waals surface area contributed by atoms with E-state index in [1.165, 1.54) is 5.56 Å². The van der Waals surface area contributed by atoms with E-state index in [0.29, 0.717) is 6.42 Å². The molecule has 1 aliphatic rings. The summed E-state index contributed by atoms with van der Waals surface area (Å²) in [5.74, 6) is 1.33. The average molecular weight is 305 g/mol. The molecule has 0 bridgehead atoms. The third-order valence-corrected chi connectivity index (χ3v) is 4.52. The molecule has 0 spiro atoms. The Labute approximate surface area is 135 Å². The van der Waals surface area contributed by atoms with Crippen LogP contribution in [0.3, 0.4) is 0 Å². The van der Waals surface area contributed by atoms with Crippen molar-refractivity contribution >= 4 is 16.9 Å². The number of aromatic amines is 1. The first-order chi connectivity index (χ1) is 11.3. The molecule has 1 N–H and O–H groups in total. The van der Waals surface area contributed by atoms with Gasteiger partial charge < -0.3 is 9.88 Å². The van der Waals surface area contributed by atoms with E-state index in [-0.39, 0.29) is 11.8 Å². The third kappa shape index (κ3) is 2.84. The molecule has 0 aliphatic carbocycles. The molecule has 4 rings (SSSR count).